The first-order valence-electron chi connectivity index (χ1n) is 6.39. The molecule has 142 valence electrons. The van der Waals surface area contributed by atoms with Gasteiger partial charge < -0.3 is 31.6 Å². The van der Waals surface area contributed by atoms with E-state index < -0.39 is 43.8 Å². The normalized spacial score (nSPS) is 22.4. The molecule has 2 heterocycles. The SMILES string of the molecule is Cc1cn([C@H]2C[C@H](N=[N+]=[N-])[C@@H](OCP(=O)(O)O)O2)c(=O)[nH]c1=O.N.N. The van der Waals surface area contributed by atoms with Crippen LogP contribution in [-0.4, -0.2) is 38.0 Å². The summed E-state index contributed by atoms with van der Waals surface area (Å²) in [6, 6.07) is -0.879. The van der Waals surface area contributed by atoms with E-state index in [1.54, 1.807) is 0 Å². The van der Waals surface area contributed by atoms with Crippen molar-refractivity contribution in [1.82, 2.24) is 21.9 Å². The molecule has 1 aromatic heterocycles. The zero-order valence-corrected chi connectivity index (χ0v) is 14.2. The molecule has 0 unspecified atom stereocenters. The summed E-state index contributed by atoms with van der Waals surface area (Å²) in [6.45, 7) is 1.50. The highest BCUT2D eigenvalue weighted by Gasteiger charge is 2.38. The van der Waals surface area contributed by atoms with E-state index in [4.69, 9.17) is 24.8 Å². The summed E-state index contributed by atoms with van der Waals surface area (Å²) >= 11 is 0. The summed E-state index contributed by atoms with van der Waals surface area (Å²) in [5.41, 5.74) is 7.56. The van der Waals surface area contributed by atoms with E-state index in [0.29, 0.717) is 0 Å². The van der Waals surface area contributed by atoms with Crippen LogP contribution in [0.25, 0.3) is 10.4 Å². The lowest BCUT2D eigenvalue weighted by molar-refractivity contribution is -0.146. The second kappa shape index (κ2) is 8.89. The summed E-state index contributed by atoms with van der Waals surface area (Å²) in [7, 11) is -4.43. The van der Waals surface area contributed by atoms with Crippen LogP contribution in [0.15, 0.2) is 20.9 Å². The van der Waals surface area contributed by atoms with Gasteiger partial charge in [0.15, 0.2) is 12.6 Å². The van der Waals surface area contributed by atoms with Crippen molar-refractivity contribution in [3.05, 3.63) is 43.0 Å². The third kappa shape index (κ3) is 5.77. The van der Waals surface area contributed by atoms with E-state index in [9.17, 15) is 14.2 Å². The summed E-state index contributed by atoms with van der Waals surface area (Å²) in [5.74, 6) is 0. The van der Waals surface area contributed by atoms with Crippen molar-refractivity contribution >= 4 is 7.60 Å². The summed E-state index contributed by atoms with van der Waals surface area (Å²) in [6.07, 6.45) is -1.72. The van der Waals surface area contributed by atoms with E-state index in [2.05, 4.69) is 15.0 Å². The van der Waals surface area contributed by atoms with E-state index in [1.165, 1.54) is 13.1 Å². The summed E-state index contributed by atoms with van der Waals surface area (Å²) in [4.78, 5) is 45.6. The average molecular weight is 381 g/mol. The van der Waals surface area contributed by atoms with Gasteiger partial charge in [0.05, 0.1) is 6.04 Å². The Morgan fingerprint density at radius 2 is 2.16 bits per heavy atom. The van der Waals surface area contributed by atoms with Gasteiger partial charge in [0.1, 0.15) is 6.23 Å². The molecule has 1 aromatic rings. The van der Waals surface area contributed by atoms with Crippen LogP contribution in [0.4, 0.5) is 0 Å². The van der Waals surface area contributed by atoms with Crippen LogP contribution in [0, 0.1) is 6.92 Å². The lowest BCUT2D eigenvalue weighted by atomic mass is 10.2. The largest absolute Gasteiger partial charge is 0.351 e. The molecule has 25 heavy (non-hydrogen) atoms. The van der Waals surface area contributed by atoms with Crippen molar-refractivity contribution in [2.75, 3.05) is 6.35 Å². The molecule has 0 amide bonds. The molecule has 1 aliphatic rings. The van der Waals surface area contributed by atoms with Crippen LogP contribution in [0.5, 0.6) is 0 Å². The van der Waals surface area contributed by atoms with Gasteiger partial charge in [0, 0.05) is 23.1 Å². The Labute approximate surface area is 140 Å². The molecule has 0 bridgehead atoms. The molecule has 0 aromatic carbocycles. The molecular weight excluding hydrogens is 361 g/mol. The van der Waals surface area contributed by atoms with Gasteiger partial charge in [-0.25, -0.2) is 4.79 Å². The molecule has 1 fully saturated rings. The third-order valence-corrected chi connectivity index (χ3v) is 3.60. The van der Waals surface area contributed by atoms with Gasteiger partial charge in [0.25, 0.3) is 5.56 Å². The van der Waals surface area contributed by atoms with Crippen LogP contribution in [0.2, 0.25) is 0 Å². The maximum absolute atomic E-state index is 11.8. The average Bonchev–Trinajstić information content (AvgIpc) is 2.83. The Balaban J connectivity index is 0.00000288. The van der Waals surface area contributed by atoms with Crippen LogP contribution in [0.1, 0.15) is 18.2 Å². The Morgan fingerprint density at radius 3 is 2.72 bits per heavy atom. The number of nitrogens with zero attached hydrogens (tertiary/aromatic N) is 4. The minimum absolute atomic E-state index is 0. The maximum atomic E-state index is 11.8. The molecule has 9 N–H and O–H groups in total. The number of hydrogen-bond acceptors (Lipinski definition) is 8. The smallest absolute Gasteiger partial charge is 0.344 e. The summed E-state index contributed by atoms with van der Waals surface area (Å²) < 4.78 is 22.3. The lowest BCUT2D eigenvalue weighted by Gasteiger charge is -2.17. The molecule has 2 rings (SSSR count). The summed E-state index contributed by atoms with van der Waals surface area (Å²) in [5, 5.41) is 3.44. The van der Waals surface area contributed by atoms with Gasteiger partial charge in [-0.1, -0.05) is 5.11 Å². The van der Waals surface area contributed by atoms with Crippen LogP contribution in [-0.2, 0) is 14.0 Å². The Hall–Kier alpha value is -2.02. The zero-order valence-electron chi connectivity index (χ0n) is 13.3. The van der Waals surface area contributed by atoms with Crippen LogP contribution >= 0.6 is 7.60 Å². The molecular formula is C10H20N7O7P. The number of aromatic amines is 1. The Bertz CT molecular complexity index is 796. The standard InChI is InChI=1S/C10H14N5O7P.2H3N/c1-5-3-15(10(17)12-8(5)16)7-2-6(13-14-11)9(22-7)21-4-23(18,19)20;;/h3,6-7,9H,2,4H2,1H3,(H,12,16,17)(H2,18,19,20);2*1H3/t6-,7+,9-;;/m0../s1. The number of rotatable bonds is 5. The van der Waals surface area contributed by atoms with E-state index in [1.807, 2.05) is 0 Å². The molecule has 1 aliphatic heterocycles. The minimum atomic E-state index is -4.43. The first kappa shape index (κ1) is 23.0. The highest BCUT2D eigenvalue weighted by atomic mass is 31.2. The quantitative estimate of drug-likeness (QED) is 0.202. The van der Waals surface area contributed by atoms with Gasteiger partial charge in [-0.3, -0.25) is 18.9 Å². The van der Waals surface area contributed by atoms with Crippen molar-refractivity contribution in [1.29, 1.82) is 0 Å². The lowest BCUT2D eigenvalue weighted by Crippen LogP contribution is -2.33. The van der Waals surface area contributed by atoms with Crippen molar-refractivity contribution in [3.63, 3.8) is 0 Å². The molecule has 15 heteroatoms. The van der Waals surface area contributed by atoms with Crippen molar-refractivity contribution < 1.29 is 23.8 Å². The second-order valence-electron chi connectivity index (χ2n) is 4.91. The molecule has 1 saturated heterocycles. The Kier molecular flexibility index (Phi) is 8.18. The van der Waals surface area contributed by atoms with Crippen LogP contribution < -0.4 is 23.6 Å². The fraction of sp³-hybridized carbons (Fsp3) is 0.600. The number of nitrogens with one attached hydrogen (secondary N) is 1. The molecule has 14 nitrogen and oxygen atoms in total. The monoisotopic (exact) mass is 381 g/mol. The molecule has 0 saturated carbocycles. The highest BCUT2D eigenvalue weighted by Crippen LogP contribution is 2.37. The predicted molar refractivity (Wildman–Crippen MR) is 85.6 cm³/mol. The Morgan fingerprint density at radius 1 is 1.52 bits per heavy atom. The maximum Gasteiger partial charge on any atom is 0.351 e. The second-order valence-corrected chi connectivity index (χ2v) is 6.49. The zero-order chi connectivity index (χ0) is 17.2. The fourth-order valence-corrected chi connectivity index (χ4v) is 2.43. The number of aromatic nitrogens is 2. The van der Waals surface area contributed by atoms with Gasteiger partial charge in [-0.15, -0.1) is 0 Å². The number of aryl methyl sites for hydroxylation is 1. The van der Waals surface area contributed by atoms with Crippen molar-refractivity contribution in [2.45, 2.75) is 31.9 Å². The molecule has 0 radical (unpaired) electrons. The van der Waals surface area contributed by atoms with Crippen molar-refractivity contribution in [3.8, 4) is 0 Å². The number of H-pyrrole nitrogens is 1. The molecule has 0 aliphatic carbocycles. The molecule has 3 atom stereocenters. The molecule has 0 spiro atoms. The minimum Gasteiger partial charge on any atom is -0.344 e. The first-order chi connectivity index (χ1) is 10.7. The van der Waals surface area contributed by atoms with Gasteiger partial charge in [-0.2, -0.15) is 0 Å². The predicted octanol–water partition coefficient (Wildman–Crippen LogP) is 0.245. The number of hydrogen-bond donors (Lipinski definition) is 5. The van der Waals surface area contributed by atoms with Gasteiger partial charge in [0.2, 0.25) is 0 Å². The van der Waals surface area contributed by atoms with E-state index in [0.717, 1.165) is 4.57 Å². The van der Waals surface area contributed by atoms with E-state index >= 15 is 0 Å². The van der Waals surface area contributed by atoms with Crippen molar-refractivity contribution in [2.24, 2.45) is 5.11 Å². The number of ether oxygens (including phenoxy) is 2. The first-order valence-corrected chi connectivity index (χ1v) is 8.19. The van der Waals surface area contributed by atoms with E-state index in [-0.39, 0.29) is 24.3 Å². The number of azide groups is 1. The van der Waals surface area contributed by atoms with Crippen LogP contribution in [0.3, 0.4) is 0 Å². The van der Waals surface area contributed by atoms with Gasteiger partial charge in [-0.05, 0) is 12.5 Å². The fourth-order valence-electron chi connectivity index (χ4n) is 2.09. The van der Waals surface area contributed by atoms with Gasteiger partial charge >= 0.3 is 13.3 Å². The third-order valence-electron chi connectivity index (χ3n) is 3.11. The topological polar surface area (TPSA) is 250 Å². The highest BCUT2D eigenvalue weighted by molar-refractivity contribution is 7.51.